The lowest BCUT2D eigenvalue weighted by Crippen LogP contribution is -2.31. The molecule has 0 saturated carbocycles. The first-order chi connectivity index (χ1) is 9.31. The minimum atomic E-state index is 0.582. The average molecular weight is 262 g/mol. The van der Waals surface area contributed by atoms with Gasteiger partial charge >= 0.3 is 0 Å². The van der Waals surface area contributed by atoms with Gasteiger partial charge in [0.25, 0.3) is 0 Å². The highest BCUT2D eigenvalue weighted by Crippen LogP contribution is 2.16. The number of rotatable bonds is 9. The molecule has 0 aliphatic rings. The van der Waals surface area contributed by atoms with Gasteiger partial charge in [0.2, 0.25) is 0 Å². The van der Waals surface area contributed by atoms with Crippen molar-refractivity contribution in [2.45, 2.75) is 13.8 Å². The van der Waals surface area contributed by atoms with E-state index in [4.69, 9.17) is 14.7 Å². The minimum absolute atomic E-state index is 0.582. The quantitative estimate of drug-likeness (QED) is 0.641. The van der Waals surface area contributed by atoms with Crippen LogP contribution in [0.2, 0.25) is 0 Å². The van der Waals surface area contributed by atoms with Crippen molar-refractivity contribution in [2.75, 3.05) is 39.5 Å². The van der Waals surface area contributed by atoms with Crippen molar-refractivity contribution >= 4 is 0 Å². The molecule has 0 aliphatic carbocycles. The molecule has 19 heavy (non-hydrogen) atoms. The van der Waals surface area contributed by atoms with Gasteiger partial charge in [-0.3, -0.25) is 4.90 Å². The van der Waals surface area contributed by atoms with Crippen LogP contribution in [-0.2, 0) is 4.74 Å². The molecule has 0 aliphatic heterocycles. The van der Waals surface area contributed by atoms with Gasteiger partial charge in [0.1, 0.15) is 18.4 Å². The number of nitriles is 1. The number of nitrogens with zero attached hydrogens (tertiary/aromatic N) is 2. The van der Waals surface area contributed by atoms with Crippen molar-refractivity contribution < 1.29 is 9.47 Å². The number of para-hydroxylation sites is 1. The first-order valence-electron chi connectivity index (χ1n) is 6.73. The van der Waals surface area contributed by atoms with Gasteiger partial charge in [-0.1, -0.05) is 19.1 Å². The summed E-state index contributed by atoms with van der Waals surface area (Å²) in [6, 6.07) is 9.44. The maximum atomic E-state index is 8.96. The molecule has 1 aromatic carbocycles. The predicted molar refractivity (Wildman–Crippen MR) is 75.3 cm³/mol. The Kier molecular flexibility index (Phi) is 7.64. The zero-order valence-electron chi connectivity index (χ0n) is 11.8. The zero-order chi connectivity index (χ0) is 13.9. The molecule has 4 nitrogen and oxygen atoms in total. The number of benzene rings is 1. The van der Waals surface area contributed by atoms with E-state index in [0.717, 1.165) is 32.8 Å². The summed E-state index contributed by atoms with van der Waals surface area (Å²) in [6.45, 7) is 8.92. The van der Waals surface area contributed by atoms with E-state index in [1.54, 1.807) is 6.07 Å². The molecular formula is C15H22N2O2. The molecule has 0 fully saturated rings. The Morgan fingerprint density at radius 1 is 1.16 bits per heavy atom. The fourth-order valence-electron chi connectivity index (χ4n) is 1.74. The molecule has 0 bridgehead atoms. The summed E-state index contributed by atoms with van der Waals surface area (Å²) in [5.41, 5.74) is 0.583. The maximum absolute atomic E-state index is 8.96. The molecular weight excluding hydrogens is 240 g/mol. The molecule has 0 heterocycles. The number of hydrogen-bond acceptors (Lipinski definition) is 4. The lowest BCUT2D eigenvalue weighted by molar-refractivity contribution is 0.108. The van der Waals surface area contributed by atoms with E-state index in [2.05, 4.69) is 17.9 Å². The van der Waals surface area contributed by atoms with Crippen molar-refractivity contribution in [3.63, 3.8) is 0 Å². The lowest BCUT2D eigenvalue weighted by atomic mass is 10.2. The zero-order valence-corrected chi connectivity index (χ0v) is 11.8. The van der Waals surface area contributed by atoms with Crippen LogP contribution in [0.4, 0.5) is 0 Å². The number of likely N-dealkylation sites (N-methyl/N-ethyl adjacent to an activating group) is 1. The van der Waals surface area contributed by atoms with Gasteiger partial charge in [-0.05, 0) is 25.6 Å². The van der Waals surface area contributed by atoms with Crippen LogP contribution < -0.4 is 4.74 Å². The van der Waals surface area contributed by atoms with Crippen molar-refractivity contribution in [1.29, 1.82) is 5.26 Å². The van der Waals surface area contributed by atoms with Crippen LogP contribution in [0.25, 0.3) is 0 Å². The highest BCUT2D eigenvalue weighted by atomic mass is 16.5. The summed E-state index contributed by atoms with van der Waals surface area (Å²) < 4.78 is 11.0. The maximum Gasteiger partial charge on any atom is 0.137 e. The van der Waals surface area contributed by atoms with Gasteiger partial charge < -0.3 is 9.47 Å². The van der Waals surface area contributed by atoms with Gasteiger partial charge in [0, 0.05) is 19.7 Å². The molecule has 104 valence electrons. The van der Waals surface area contributed by atoms with Gasteiger partial charge in [-0.15, -0.1) is 0 Å². The fourth-order valence-corrected chi connectivity index (χ4v) is 1.74. The van der Waals surface area contributed by atoms with Gasteiger partial charge in [-0.25, -0.2) is 0 Å². The Bertz CT molecular complexity index is 401. The van der Waals surface area contributed by atoms with Crippen LogP contribution >= 0.6 is 0 Å². The summed E-state index contributed by atoms with van der Waals surface area (Å²) in [6.07, 6.45) is 0. The largest absolute Gasteiger partial charge is 0.491 e. The van der Waals surface area contributed by atoms with Crippen molar-refractivity contribution in [2.24, 2.45) is 0 Å². The Morgan fingerprint density at radius 2 is 1.89 bits per heavy atom. The summed E-state index contributed by atoms with van der Waals surface area (Å²) in [4.78, 5) is 2.27. The second-order valence-electron chi connectivity index (χ2n) is 4.09. The number of hydrogen-bond donors (Lipinski definition) is 0. The van der Waals surface area contributed by atoms with E-state index >= 15 is 0 Å². The molecule has 0 saturated heterocycles. The molecule has 0 radical (unpaired) electrons. The second kappa shape index (κ2) is 9.37. The van der Waals surface area contributed by atoms with Crippen molar-refractivity contribution in [1.82, 2.24) is 4.90 Å². The van der Waals surface area contributed by atoms with Crippen LogP contribution in [0.1, 0.15) is 19.4 Å². The Balaban J connectivity index is 2.34. The summed E-state index contributed by atoms with van der Waals surface area (Å²) >= 11 is 0. The van der Waals surface area contributed by atoms with E-state index < -0.39 is 0 Å². The monoisotopic (exact) mass is 262 g/mol. The second-order valence-corrected chi connectivity index (χ2v) is 4.09. The predicted octanol–water partition coefficient (Wildman–Crippen LogP) is 2.30. The third kappa shape index (κ3) is 5.73. The molecule has 0 amide bonds. The number of ether oxygens (including phenoxy) is 2. The Labute approximate surface area is 115 Å². The highest BCUT2D eigenvalue weighted by molar-refractivity contribution is 5.42. The van der Waals surface area contributed by atoms with Gasteiger partial charge in [-0.2, -0.15) is 5.26 Å². The van der Waals surface area contributed by atoms with Crippen LogP contribution in [0.15, 0.2) is 24.3 Å². The van der Waals surface area contributed by atoms with Gasteiger partial charge in [0.15, 0.2) is 0 Å². The first kappa shape index (κ1) is 15.5. The molecule has 0 spiro atoms. The van der Waals surface area contributed by atoms with E-state index in [0.29, 0.717) is 17.9 Å². The SMILES string of the molecule is CCOCCN(CC)CCOc1ccccc1C#N. The van der Waals surface area contributed by atoms with E-state index in [1.807, 2.05) is 25.1 Å². The highest BCUT2D eigenvalue weighted by Gasteiger charge is 2.04. The van der Waals surface area contributed by atoms with E-state index in [1.165, 1.54) is 0 Å². The molecule has 0 unspecified atom stereocenters. The minimum Gasteiger partial charge on any atom is -0.491 e. The van der Waals surface area contributed by atoms with Crippen molar-refractivity contribution in [3.8, 4) is 11.8 Å². The van der Waals surface area contributed by atoms with Crippen LogP contribution in [0.3, 0.4) is 0 Å². The fraction of sp³-hybridized carbons (Fsp3) is 0.533. The molecule has 1 aromatic rings. The van der Waals surface area contributed by atoms with Crippen LogP contribution in [0, 0.1) is 11.3 Å². The third-order valence-electron chi connectivity index (χ3n) is 2.88. The summed E-state index contributed by atoms with van der Waals surface area (Å²) in [7, 11) is 0. The first-order valence-corrected chi connectivity index (χ1v) is 6.73. The normalized spacial score (nSPS) is 10.4. The molecule has 0 aromatic heterocycles. The molecule has 4 heteroatoms. The average Bonchev–Trinajstić information content (AvgIpc) is 2.46. The van der Waals surface area contributed by atoms with Crippen LogP contribution in [0.5, 0.6) is 5.75 Å². The Hall–Kier alpha value is -1.57. The van der Waals surface area contributed by atoms with Gasteiger partial charge in [0.05, 0.1) is 12.2 Å². The smallest absolute Gasteiger partial charge is 0.137 e. The molecule has 0 atom stereocenters. The summed E-state index contributed by atoms with van der Waals surface area (Å²) in [5, 5.41) is 8.96. The molecule has 0 N–H and O–H groups in total. The van der Waals surface area contributed by atoms with E-state index in [9.17, 15) is 0 Å². The van der Waals surface area contributed by atoms with Crippen molar-refractivity contribution in [3.05, 3.63) is 29.8 Å². The van der Waals surface area contributed by atoms with E-state index in [-0.39, 0.29) is 0 Å². The standard InChI is InChI=1S/C15H22N2O2/c1-3-17(9-11-18-4-2)10-12-19-15-8-6-5-7-14(15)13-16/h5-8H,3-4,9-12H2,1-2H3. The Morgan fingerprint density at radius 3 is 2.58 bits per heavy atom. The molecule has 1 rings (SSSR count). The summed E-state index contributed by atoms with van der Waals surface area (Å²) in [5.74, 6) is 0.658. The topological polar surface area (TPSA) is 45.5 Å². The third-order valence-corrected chi connectivity index (χ3v) is 2.88. The lowest BCUT2D eigenvalue weighted by Gasteiger charge is -2.20. The van der Waals surface area contributed by atoms with Crippen LogP contribution in [-0.4, -0.2) is 44.4 Å².